The van der Waals surface area contributed by atoms with Gasteiger partial charge >= 0.3 is 0 Å². The Bertz CT molecular complexity index is 1170. The number of aromatic nitrogens is 2. The third-order valence-electron chi connectivity index (χ3n) is 4.86. The first-order chi connectivity index (χ1) is 14.0. The Kier molecular flexibility index (Phi) is 5.32. The third-order valence-corrected chi connectivity index (χ3v) is 5.08. The van der Waals surface area contributed by atoms with Gasteiger partial charge in [0.2, 0.25) is 5.91 Å². The number of rotatable bonds is 5. The van der Waals surface area contributed by atoms with E-state index in [1.807, 2.05) is 31.2 Å². The van der Waals surface area contributed by atoms with Gasteiger partial charge < -0.3 is 9.72 Å². The molecule has 1 amide bonds. The number of hydrogen-bond acceptors (Lipinski definition) is 2. The summed E-state index contributed by atoms with van der Waals surface area (Å²) in [5.74, 6) is -1.09. The summed E-state index contributed by atoms with van der Waals surface area (Å²) in [6.07, 6.45) is 3.46. The number of nitrogens with one attached hydrogen (secondary N) is 1. The minimum Gasteiger partial charge on any atom is -0.326 e. The molecular weight excluding hydrogens is 389 g/mol. The number of benzene rings is 2. The monoisotopic (exact) mass is 407 g/mol. The molecule has 4 aromatic rings. The average Bonchev–Trinajstić information content (AvgIpc) is 3.11. The lowest BCUT2D eigenvalue weighted by Crippen LogP contribution is -2.18. The largest absolute Gasteiger partial charge is 0.326 e. The molecule has 2 aromatic carbocycles. The summed E-state index contributed by atoms with van der Waals surface area (Å²) < 4.78 is 16.4. The molecule has 29 heavy (non-hydrogen) atoms. The summed E-state index contributed by atoms with van der Waals surface area (Å²) >= 11 is 6.15. The second kappa shape index (κ2) is 8.05. The van der Waals surface area contributed by atoms with Crippen LogP contribution in [-0.4, -0.2) is 15.3 Å². The number of halogens is 2. The summed E-state index contributed by atoms with van der Waals surface area (Å²) in [5.41, 5.74) is 3.63. The standard InChI is InChI=1S/C23H19ClFN3O/c1-15-6-9-17(10-7-15)27-23(29)12-19(18-4-2-3-5-20(18)25)21-13-26-22-11-8-16(24)14-28(21)22/h2-11,13-14,19H,12H2,1H3,(H,27,29)/t19-/m0/s1. The maximum absolute atomic E-state index is 14.6. The Hall–Kier alpha value is -3.18. The highest BCUT2D eigenvalue weighted by Gasteiger charge is 2.24. The van der Waals surface area contributed by atoms with Crippen LogP contribution < -0.4 is 5.32 Å². The smallest absolute Gasteiger partial charge is 0.225 e. The van der Waals surface area contributed by atoms with Gasteiger partial charge in [0.15, 0.2) is 0 Å². The van der Waals surface area contributed by atoms with Crippen LogP contribution >= 0.6 is 11.6 Å². The van der Waals surface area contributed by atoms with Gasteiger partial charge in [0, 0.05) is 30.4 Å². The molecule has 146 valence electrons. The van der Waals surface area contributed by atoms with Gasteiger partial charge in [0.1, 0.15) is 11.5 Å². The summed E-state index contributed by atoms with van der Waals surface area (Å²) in [5, 5.41) is 3.43. The van der Waals surface area contributed by atoms with Gasteiger partial charge in [0.25, 0.3) is 0 Å². The lowest BCUT2D eigenvalue weighted by molar-refractivity contribution is -0.116. The number of carbonyl (C=O) groups excluding carboxylic acids is 1. The summed E-state index contributed by atoms with van der Waals surface area (Å²) in [7, 11) is 0. The number of aryl methyl sites for hydroxylation is 1. The molecule has 4 rings (SSSR count). The highest BCUT2D eigenvalue weighted by molar-refractivity contribution is 6.30. The molecule has 0 bridgehead atoms. The first-order valence-corrected chi connectivity index (χ1v) is 9.62. The number of anilines is 1. The van der Waals surface area contributed by atoms with E-state index in [4.69, 9.17) is 11.6 Å². The van der Waals surface area contributed by atoms with E-state index in [0.29, 0.717) is 27.6 Å². The first kappa shape index (κ1) is 19.2. The normalized spacial score (nSPS) is 12.1. The maximum Gasteiger partial charge on any atom is 0.225 e. The average molecular weight is 408 g/mol. The fourth-order valence-electron chi connectivity index (χ4n) is 3.40. The number of carbonyl (C=O) groups is 1. The zero-order valence-electron chi connectivity index (χ0n) is 15.8. The van der Waals surface area contributed by atoms with Gasteiger partial charge in [-0.3, -0.25) is 4.79 Å². The molecule has 0 fully saturated rings. The molecule has 2 heterocycles. The lowest BCUT2D eigenvalue weighted by Gasteiger charge is -2.18. The SMILES string of the molecule is Cc1ccc(NC(=O)C[C@@H](c2ccccc2F)c2cnc3ccc(Cl)cn23)cc1. The third kappa shape index (κ3) is 4.15. The van der Waals surface area contributed by atoms with Gasteiger partial charge in [-0.05, 0) is 42.8 Å². The molecule has 0 spiro atoms. The van der Waals surface area contributed by atoms with Gasteiger partial charge in [-0.15, -0.1) is 0 Å². The van der Waals surface area contributed by atoms with Crippen LogP contribution in [0, 0.1) is 12.7 Å². The number of nitrogens with zero attached hydrogens (tertiary/aromatic N) is 2. The summed E-state index contributed by atoms with van der Waals surface area (Å²) in [4.78, 5) is 17.2. The van der Waals surface area contributed by atoms with E-state index in [-0.39, 0.29) is 18.1 Å². The molecule has 4 nitrogen and oxygen atoms in total. The maximum atomic E-state index is 14.6. The molecule has 0 aliphatic heterocycles. The predicted molar refractivity (Wildman–Crippen MR) is 113 cm³/mol. The van der Waals surface area contributed by atoms with Crippen LogP contribution in [0.3, 0.4) is 0 Å². The minimum atomic E-state index is -0.518. The Morgan fingerprint density at radius 1 is 1.14 bits per heavy atom. The molecule has 0 aliphatic carbocycles. The van der Waals surface area contributed by atoms with Crippen LogP contribution in [0.15, 0.2) is 73.1 Å². The quantitative estimate of drug-likeness (QED) is 0.468. The summed E-state index contributed by atoms with van der Waals surface area (Å²) in [6.45, 7) is 1.98. The number of hydrogen-bond donors (Lipinski definition) is 1. The Morgan fingerprint density at radius 3 is 2.66 bits per heavy atom. The Labute approximate surface area is 173 Å². The van der Waals surface area contributed by atoms with Gasteiger partial charge in [-0.1, -0.05) is 47.5 Å². The molecule has 1 atom stereocenters. The van der Waals surface area contributed by atoms with Crippen molar-refractivity contribution in [3.8, 4) is 0 Å². The van der Waals surface area contributed by atoms with E-state index in [1.54, 1.807) is 47.1 Å². The van der Waals surface area contributed by atoms with Crippen LogP contribution in [0.1, 0.15) is 29.2 Å². The van der Waals surface area contributed by atoms with E-state index < -0.39 is 5.92 Å². The van der Waals surface area contributed by atoms with Crippen molar-refractivity contribution in [2.24, 2.45) is 0 Å². The fourth-order valence-corrected chi connectivity index (χ4v) is 3.56. The Balaban J connectivity index is 1.71. The molecule has 0 saturated heterocycles. The zero-order chi connectivity index (χ0) is 20.4. The first-order valence-electron chi connectivity index (χ1n) is 9.25. The highest BCUT2D eigenvalue weighted by Crippen LogP contribution is 2.31. The predicted octanol–water partition coefficient (Wildman–Crippen LogP) is 5.60. The number of imidazole rings is 1. The Morgan fingerprint density at radius 2 is 1.90 bits per heavy atom. The van der Waals surface area contributed by atoms with Crippen LogP contribution in [0.2, 0.25) is 5.02 Å². The topological polar surface area (TPSA) is 46.4 Å². The van der Waals surface area contributed by atoms with E-state index in [1.165, 1.54) is 6.07 Å². The molecule has 2 aromatic heterocycles. The molecule has 0 aliphatic rings. The van der Waals surface area contributed by atoms with E-state index in [9.17, 15) is 9.18 Å². The van der Waals surface area contributed by atoms with Gasteiger partial charge in [-0.2, -0.15) is 0 Å². The van der Waals surface area contributed by atoms with Crippen molar-refractivity contribution in [2.45, 2.75) is 19.3 Å². The van der Waals surface area contributed by atoms with E-state index in [0.717, 1.165) is 5.56 Å². The van der Waals surface area contributed by atoms with Crippen LogP contribution in [0.4, 0.5) is 10.1 Å². The fraction of sp³-hybridized carbons (Fsp3) is 0.130. The van der Waals surface area contributed by atoms with Crippen molar-refractivity contribution in [2.75, 3.05) is 5.32 Å². The zero-order valence-corrected chi connectivity index (χ0v) is 16.5. The molecule has 1 N–H and O–H groups in total. The van der Waals surface area contributed by atoms with Crippen molar-refractivity contribution in [1.82, 2.24) is 9.38 Å². The molecule has 0 saturated carbocycles. The second-order valence-corrected chi connectivity index (χ2v) is 7.39. The van der Waals surface area contributed by atoms with Gasteiger partial charge in [0.05, 0.1) is 10.7 Å². The molecule has 0 radical (unpaired) electrons. The highest BCUT2D eigenvalue weighted by atomic mass is 35.5. The van der Waals surface area contributed by atoms with Gasteiger partial charge in [-0.25, -0.2) is 9.37 Å². The molecular formula is C23H19ClFN3O. The van der Waals surface area contributed by atoms with E-state index in [2.05, 4.69) is 10.3 Å². The minimum absolute atomic E-state index is 0.0646. The molecule has 6 heteroatoms. The van der Waals surface area contributed by atoms with Crippen molar-refractivity contribution < 1.29 is 9.18 Å². The lowest BCUT2D eigenvalue weighted by atomic mass is 9.91. The number of pyridine rings is 1. The van der Waals surface area contributed by atoms with Crippen molar-refractivity contribution in [3.63, 3.8) is 0 Å². The summed E-state index contributed by atoms with van der Waals surface area (Å²) in [6, 6.07) is 17.6. The van der Waals surface area contributed by atoms with Crippen LogP contribution in [-0.2, 0) is 4.79 Å². The number of amides is 1. The van der Waals surface area contributed by atoms with Crippen LogP contribution in [0.25, 0.3) is 5.65 Å². The van der Waals surface area contributed by atoms with Crippen molar-refractivity contribution >= 4 is 28.8 Å². The van der Waals surface area contributed by atoms with Crippen LogP contribution in [0.5, 0.6) is 0 Å². The molecule has 0 unspecified atom stereocenters. The van der Waals surface area contributed by atoms with Crippen molar-refractivity contribution in [1.29, 1.82) is 0 Å². The van der Waals surface area contributed by atoms with Crippen molar-refractivity contribution in [3.05, 3.63) is 101 Å². The second-order valence-electron chi connectivity index (χ2n) is 6.95. The van der Waals surface area contributed by atoms with E-state index >= 15 is 0 Å². The number of fused-ring (bicyclic) bond motifs is 1.